The van der Waals surface area contributed by atoms with Crippen LogP contribution in [0.3, 0.4) is 0 Å². The standard InChI is InChI=1S/C13H21N3O2/c1-2-18-13-11(14)6-7-12(15-13)16(8-9-17)10-4-3-5-10/h6-7,10,17H,2-5,8-9,14H2,1H3. The number of aliphatic hydroxyl groups is 1. The van der Waals surface area contributed by atoms with Crippen LogP contribution in [0.5, 0.6) is 5.88 Å². The van der Waals surface area contributed by atoms with Crippen LogP contribution >= 0.6 is 0 Å². The number of ether oxygens (including phenoxy) is 1. The third kappa shape index (κ3) is 2.67. The molecule has 2 rings (SSSR count). The lowest BCUT2D eigenvalue weighted by atomic mass is 9.91. The third-order valence-corrected chi connectivity index (χ3v) is 3.31. The number of rotatable bonds is 6. The van der Waals surface area contributed by atoms with Crippen LogP contribution in [0.25, 0.3) is 0 Å². The lowest BCUT2D eigenvalue weighted by molar-refractivity contribution is 0.282. The topological polar surface area (TPSA) is 71.6 Å². The van der Waals surface area contributed by atoms with Crippen LogP contribution in [0.4, 0.5) is 11.5 Å². The summed E-state index contributed by atoms with van der Waals surface area (Å²) in [4.78, 5) is 6.60. The summed E-state index contributed by atoms with van der Waals surface area (Å²) in [5, 5.41) is 9.17. The van der Waals surface area contributed by atoms with Gasteiger partial charge in [-0.1, -0.05) is 0 Å². The molecule has 5 nitrogen and oxygen atoms in total. The number of anilines is 2. The monoisotopic (exact) mass is 251 g/mol. The maximum Gasteiger partial charge on any atom is 0.239 e. The highest BCUT2D eigenvalue weighted by molar-refractivity contribution is 5.55. The van der Waals surface area contributed by atoms with E-state index in [0.717, 1.165) is 18.7 Å². The van der Waals surface area contributed by atoms with E-state index in [1.807, 2.05) is 19.1 Å². The van der Waals surface area contributed by atoms with Crippen molar-refractivity contribution in [1.29, 1.82) is 0 Å². The zero-order chi connectivity index (χ0) is 13.0. The van der Waals surface area contributed by atoms with Crippen molar-refractivity contribution in [2.24, 2.45) is 0 Å². The molecule has 1 aliphatic rings. The minimum Gasteiger partial charge on any atom is -0.476 e. The van der Waals surface area contributed by atoms with Gasteiger partial charge < -0.3 is 20.5 Å². The zero-order valence-electron chi connectivity index (χ0n) is 10.8. The van der Waals surface area contributed by atoms with Gasteiger partial charge in [-0.25, -0.2) is 0 Å². The largest absolute Gasteiger partial charge is 0.476 e. The van der Waals surface area contributed by atoms with Crippen LogP contribution in [-0.4, -0.2) is 35.9 Å². The molecule has 0 unspecified atom stereocenters. The quantitative estimate of drug-likeness (QED) is 0.800. The third-order valence-electron chi connectivity index (χ3n) is 3.31. The van der Waals surface area contributed by atoms with E-state index >= 15 is 0 Å². The highest BCUT2D eigenvalue weighted by Gasteiger charge is 2.26. The summed E-state index contributed by atoms with van der Waals surface area (Å²) in [6.07, 6.45) is 3.58. The number of aromatic nitrogens is 1. The molecule has 0 aromatic carbocycles. The second-order valence-corrected chi connectivity index (χ2v) is 4.50. The van der Waals surface area contributed by atoms with Gasteiger partial charge in [0.25, 0.3) is 0 Å². The van der Waals surface area contributed by atoms with Gasteiger partial charge in [0.2, 0.25) is 5.88 Å². The Balaban J connectivity index is 2.20. The summed E-state index contributed by atoms with van der Waals surface area (Å²) in [6.45, 7) is 3.19. The molecule has 0 aliphatic heterocycles. The molecule has 0 saturated heterocycles. The van der Waals surface area contributed by atoms with Gasteiger partial charge in [-0.2, -0.15) is 4.98 Å². The molecule has 1 fully saturated rings. The Kier molecular flexibility index (Phi) is 4.25. The van der Waals surface area contributed by atoms with Crippen LogP contribution in [0.15, 0.2) is 12.1 Å². The van der Waals surface area contributed by atoms with Crippen molar-refractivity contribution in [3.05, 3.63) is 12.1 Å². The van der Waals surface area contributed by atoms with E-state index in [2.05, 4.69) is 9.88 Å². The zero-order valence-corrected chi connectivity index (χ0v) is 10.8. The Bertz CT molecular complexity index is 394. The molecule has 0 amide bonds. The first-order valence-electron chi connectivity index (χ1n) is 6.53. The SMILES string of the molecule is CCOc1nc(N(CCO)C2CCC2)ccc1N. The fraction of sp³-hybridized carbons (Fsp3) is 0.615. The van der Waals surface area contributed by atoms with Crippen molar-refractivity contribution in [3.8, 4) is 5.88 Å². The van der Waals surface area contributed by atoms with Crippen LogP contribution in [-0.2, 0) is 0 Å². The maximum atomic E-state index is 9.17. The summed E-state index contributed by atoms with van der Waals surface area (Å²) in [5.74, 6) is 1.32. The smallest absolute Gasteiger partial charge is 0.239 e. The Hall–Kier alpha value is -1.49. The van der Waals surface area contributed by atoms with E-state index in [0.29, 0.717) is 30.8 Å². The van der Waals surface area contributed by atoms with Crippen LogP contribution in [0.2, 0.25) is 0 Å². The molecular weight excluding hydrogens is 230 g/mol. The molecule has 100 valence electrons. The van der Waals surface area contributed by atoms with Crippen molar-refractivity contribution in [1.82, 2.24) is 4.98 Å². The van der Waals surface area contributed by atoms with Gasteiger partial charge in [0.05, 0.1) is 18.9 Å². The van der Waals surface area contributed by atoms with Gasteiger partial charge in [-0.15, -0.1) is 0 Å². The maximum absolute atomic E-state index is 9.17. The van der Waals surface area contributed by atoms with Crippen molar-refractivity contribution >= 4 is 11.5 Å². The first-order chi connectivity index (χ1) is 8.76. The number of hydrogen-bond acceptors (Lipinski definition) is 5. The van der Waals surface area contributed by atoms with E-state index in [9.17, 15) is 0 Å². The molecule has 3 N–H and O–H groups in total. The number of nitrogen functional groups attached to an aromatic ring is 1. The van der Waals surface area contributed by atoms with Crippen molar-refractivity contribution in [2.45, 2.75) is 32.2 Å². The molecular formula is C13H21N3O2. The molecule has 1 heterocycles. The summed E-state index contributed by atoms with van der Waals surface area (Å²) in [7, 11) is 0. The fourth-order valence-corrected chi connectivity index (χ4v) is 2.14. The molecule has 0 spiro atoms. The number of nitrogens with zero attached hydrogens (tertiary/aromatic N) is 2. The Morgan fingerprint density at radius 3 is 2.83 bits per heavy atom. The van der Waals surface area contributed by atoms with Crippen molar-refractivity contribution < 1.29 is 9.84 Å². The molecule has 1 aromatic rings. The first kappa shape index (κ1) is 13.0. The van der Waals surface area contributed by atoms with Crippen LogP contribution in [0.1, 0.15) is 26.2 Å². The number of pyridine rings is 1. The molecule has 5 heteroatoms. The van der Waals surface area contributed by atoms with Crippen LogP contribution < -0.4 is 15.4 Å². The van der Waals surface area contributed by atoms with Gasteiger partial charge in [-0.3, -0.25) is 0 Å². The predicted molar refractivity (Wildman–Crippen MR) is 71.9 cm³/mol. The van der Waals surface area contributed by atoms with Crippen LogP contribution in [0, 0.1) is 0 Å². The summed E-state index contributed by atoms with van der Waals surface area (Å²) in [6, 6.07) is 4.20. The second-order valence-electron chi connectivity index (χ2n) is 4.50. The Morgan fingerprint density at radius 1 is 1.50 bits per heavy atom. The minimum atomic E-state index is 0.131. The minimum absolute atomic E-state index is 0.131. The Morgan fingerprint density at radius 2 is 2.28 bits per heavy atom. The lowest BCUT2D eigenvalue weighted by Crippen LogP contribution is -2.42. The Labute approximate surface area is 108 Å². The van der Waals surface area contributed by atoms with E-state index < -0.39 is 0 Å². The lowest BCUT2D eigenvalue weighted by Gasteiger charge is -2.38. The van der Waals surface area contributed by atoms with E-state index in [1.54, 1.807) is 0 Å². The van der Waals surface area contributed by atoms with E-state index in [1.165, 1.54) is 6.42 Å². The first-order valence-corrected chi connectivity index (χ1v) is 6.53. The van der Waals surface area contributed by atoms with Crippen molar-refractivity contribution in [3.63, 3.8) is 0 Å². The second kappa shape index (κ2) is 5.91. The average molecular weight is 251 g/mol. The molecule has 1 aromatic heterocycles. The summed E-state index contributed by atoms with van der Waals surface area (Å²) >= 11 is 0. The van der Waals surface area contributed by atoms with Gasteiger partial charge >= 0.3 is 0 Å². The summed E-state index contributed by atoms with van der Waals surface area (Å²) < 4.78 is 5.41. The average Bonchev–Trinajstić information content (AvgIpc) is 2.29. The molecule has 0 atom stereocenters. The number of aliphatic hydroxyl groups excluding tert-OH is 1. The van der Waals surface area contributed by atoms with Crippen molar-refractivity contribution in [2.75, 3.05) is 30.4 Å². The molecule has 0 bridgehead atoms. The van der Waals surface area contributed by atoms with Gasteiger partial charge in [-0.05, 0) is 38.3 Å². The van der Waals surface area contributed by atoms with E-state index in [-0.39, 0.29) is 6.61 Å². The van der Waals surface area contributed by atoms with Gasteiger partial charge in [0.1, 0.15) is 5.82 Å². The normalized spacial score (nSPS) is 15.2. The fourth-order valence-electron chi connectivity index (χ4n) is 2.14. The number of nitrogens with two attached hydrogens (primary N) is 1. The molecule has 0 radical (unpaired) electrons. The summed E-state index contributed by atoms with van der Waals surface area (Å²) in [5.41, 5.74) is 6.37. The van der Waals surface area contributed by atoms with Gasteiger partial charge in [0, 0.05) is 12.6 Å². The molecule has 1 aliphatic carbocycles. The highest BCUT2D eigenvalue weighted by atomic mass is 16.5. The molecule has 18 heavy (non-hydrogen) atoms. The predicted octanol–water partition coefficient (Wildman–Crippen LogP) is 1.41. The highest BCUT2D eigenvalue weighted by Crippen LogP contribution is 2.30. The van der Waals surface area contributed by atoms with Gasteiger partial charge in [0.15, 0.2) is 0 Å². The van der Waals surface area contributed by atoms with E-state index in [4.69, 9.17) is 15.6 Å². The molecule has 1 saturated carbocycles. The number of hydrogen-bond donors (Lipinski definition) is 2.